The fourth-order valence-electron chi connectivity index (χ4n) is 1.44. The van der Waals surface area contributed by atoms with Gasteiger partial charge in [0.25, 0.3) is 10.0 Å². The van der Waals surface area contributed by atoms with Crippen molar-refractivity contribution in [3.63, 3.8) is 0 Å². The van der Waals surface area contributed by atoms with Crippen LogP contribution in [0.25, 0.3) is 0 Å². The zero-order valence-corrected chi connectivity index (χ0v) is 13.6. The van der Waals surface area contributed by atoms with Gasteiger partial charge in [-0.3, -0.25) is 4.72 Å². The number of hydrogen-bond donors (Lipinski definition) is 1. The number of aromatic nitrogens is 1. The van der Waals surface area contributed by atoms with Crippen LogP contribution in [0.3, 0.4) is 0 Å². The van der Waals surface area contributed by atoms with E-state index in [1.807, 2.05) is 0 Å². The van der Waals surface area contributed by atoms with Gasteiger partial charge in [0.2, 0.25) is 0 Å². The molecule has 0 aliphatic rings. The van der Waals surface area contributed by atoms with E-state index in [1.54, 1.807) is 0 Å². The van der Waals surface area contributed by atoms with Crippen molar-refractivity contribution in [2.45, 2.75) is 4.90 Å². The highest BCUT2D eigenvalue weighted by molar-refractivity contribution is 9.10. The lowest BCUT2D eigenvalue weighted by molar-refractivity contribution is 0.548. The summed E-state index contributed by atoms with van der Waals surface area (Å²) >= 11 is 5.91. The Morgan fingerprint density at radius 1 is 1.20 bits per heavy atom. The Labute approximate surface area is 130 Å². The van der Waals surface area contributed by atoms with Crippen LogP contribution >= 0.6 is 31.9 Å². The van der Waals surface area contributed by atoms with E-state index in [0.717, 1.165) is 6.07 Å². The van der Waals surface area contributed by atoms with Gasteiger partial charge in [-0.2, -0.15) is 0 Å². The van der Waals surface area contributed by atoms with Gasteiger partial charge in [-0.15, -0.1) is 0 Å². The Morgan fingerprint density at radius 2 is 1.90 bits per heavy atom. The zero-order valence-electron chi connectivity index (χ0n) is 9.57. The first-order chi connectivity index (χ1) is 9.31. The molecular formula is C11H6Br2F2N2O2S. The molecule has 0 amide bonds. The number of rotatable bonds is 3. The normalized spacial score (nSPS) is 11.4. The number of pyridine rings is 1. The van der Waals surface area contributed by atoms with Gasteiger partial charge in [0.05, 0.1) is 5.69 Å². The first-order valence-electron chi connectivity index (χ1n) is 5.09. The van der Waals surface area contributed by atoms with Crippen LogP contribution in [0.5, 0.6) is 0 Å². The van der Waals surface area contributed by atoms with Crippen LogP contribution in [0, 0.1) is 11.6 Å². The maximum atomic E-state index is 13.7. The molecule has 0 atom stereocenters. The molecule has 0 fully saturated rings. The molecule has 106 valence electrons. The molecule has 0 saturated carbocycles. The number of hydrogen-bond acceptors (Lipinski definition) is 3. The van der Waals surface area contributed by atoms with E-state index in [-0.39, 0.29) is 14.8 Å². The zero-order chi connectivity index (χ0) is 14.9. The quantitative estimate of drug-likeness (QED) is 0.760. The fraction of sp³-hybridized carbons (Fsp3) is 0. The highest BCUT2D eigenvalue weighted by Crippen LogP contribution is 2.29. The van der Waals surface area contributed by atoms with Crippen LogP contribution in [0.4, 0.5) is 14.5 Å². The molecule has 1 aromatic carbocycles. The van der Waals surface area contributed by atoms with Gasteiger partial charge < -0.3 is 0 Å². The number of nitrogens with zero attached hydrogens (tertiary/aromatic N) is 1. The van der Waals surface area contributed by atoms with E-state index in [9.17, 15) is 17.2 Å². The molecule has 4 nitrogen and oxygen atoms in total. The van der Waals surface area contributed by atoms with Crippen LogP contribution in [-0.2, 0) is 10.0 Å². The van der Waals surface area contributed by atoms with Crippen LogP contribution in [0.15, 0.2) is 44.4 Å². The van der Waals surface area contributed by atoms with Crippen molar-refractivity contribution in [2.24, 2.45) is 0 Å². The molecule has 0 aliphatic heterocycles. The number of halogens is 4. The lowest BCUT2D eigenvalue weighted by Gasteiger charge is -2.11. The van der Waals surface area contributed by atoms with Gasteiger partial charge in [-0.25, -0.2) is 22.2 Å². The Bertz CT molecular complexity index is 746. The summed E-state index contributed by atoms with van der Waals surface area (Å²) in [6.07, 6.45) is 1.45. The summed E-state index contributed by atoms with van der Waals surface area (Å²) in [4.78, 5) is 3.17. The van der Waals surface area contributed by atoms with Gasteiger partial charge in [-0.05, 0) is 50.1 Å². The third-order valence-corrected chi connectivity index (χ3v) is 5.20. The molecule has 0 saturated heterocycles. The Hall–Kier alpha value is -1.06. The van der Waals surface area contributed by atoms with Crippen LogP contribution in [-0.4, -0.2) is 13.4 Å². The molecule has 20 heavy (non-hydrogen) atoms. The van der Waals surface area contributed by atoms with Crippen molar-refractivity contribution in [1.82, 2.24) is 4.98 Å². The Balaban J connectivity index is 2.50. The molecule has 0 unspecified atom stereocenters. The molecule has 1 heterocycles. The molecule has 1 N–H and O–H groups in total. The van der Waals surface area contributed by atoms with Gasteiger partial charge in [0.1, 0.15) is 21.1 Å². The van der Waals surface area contributed by atoms with E-state index < -0.39 is 26.6 Å². The molecule has 0 bridgehead atoms. The first-order valence-corrected chi connectivity index (χ1v) is 8.16. The van der Waals surface area contributed by atoms with Crippen molar-refractivity contribution in [1.29, 1.82) is 0 Å². The SMILES string of the molecule is O=S(=O)(Nc1cccnc1Br)c1c(F)cc(F)cc1Br. The van der Waals surface area contributed by atoms with Crippen LogP contribution < -0.4 is 4.72 Å². The van der Waals surface area contributed by atoms with Crippen molar-refractivity contribution < 1.29 is 17.2 Å². The van der Waals surface area contributed by atoms with E-state index in [1.165, 1.54) is 18.3 Å². The maximum Gasteiger partial charge on any atom is 0.266 e. The van der Waals surface area contributed by atoms with Gasteiger partial charge in [0, 0.05) is 16.7 Å². The maximum absolute atomic E-state index is 13.7. The van der Waals surface area contributed by atoms with E-state index in [2.05, 4.69) is 41.6 Å². The monoisotopic (exact) mass is 426 g/mol. The average Bonchev–Trinajstić information content (AvgIpc) is 2.30. The number of anilines is 1. The third kappa shape index (κ3) is 3.15. The second-order valence-electron chi connectivity index (χ2n) is 3.65. The van der Waals surface area contributed by atoms with Crippen molar-refractivity contribution in [2.75, 3.05) is 4.72 Å². The van der Waals surface area contributed by atoms with Crippen molar-refractivity contribution >= 4 is 47.6 Å². The lowest BCUT2D eigenvalue weighted by atomic mass is 10.3. The predicted octanol–water partition coefficient (Wildman–Crippen LogP) is 3.69. The smallest absolute Gasteiger partial charge is 0.266 e. The molecule has 0 radical (unpaired) electrons. The molecule has 2 aromatic rings. The summed E-state index contributed by atoms with van der Waals surface area (Å²) in [6, 6.07) is 4.33. The second kappa shape index (κ2) is 5.74. The topological polar surface area (TPSA) is 59.1 Å². The lowest BCUT2D eigenvalue weighted by Crippen LogP contribution is -2.16. The molecule has 0 spiro atoms. The van der Waals surface area contributed by atoms with Crippen LogP contribution in [0.1, 0.15) is 0 Å². The van der Waals surface area contributed by atoms with Crippen molar-refractivity contribution in [3.05, 3.63) is 51.2 Å². The van der Waals surface area contributed by atoms with Gasteiger partial charge in [0.15, 0.2) is 0 Å². The predicted molar refractivity (Wildman–Crippen MR) is 76.8 cm³/mol. The second-order valence-corrected chi connectivity index (χ2v) is 6.87. The summed E-state index contributed by atoms with van der Waals surface area (Å²) in [6.45, 7) is 0. The Kier molecular flexibility index (Phi) is 4.40. The van der Waals surface area contributed by atoms with Crippen molar-refractivity contribution in [3.8, 4) is 0 Å². The van der Waals surface area contributed by atoms with E-state index >= 15 is 0 Å². The summed E-state index contributed by atoms with van der Waals surface area (Å²) in [7, 11) is -4.22. The summed E-state index contributed by atoms with van der Waals surface area (Å²) < 4.78 is 53.2. The third-order valence-electron chi connectivity index (χ3n) is 2.24. The minimum atomic E-state index is -4.22. The Morgan fingerprint density at radius 3 is 2.50 bits per heavy atom. The molecule has 9 heteroatoms. The average molecular weight is 428 g/mol. The summed E-state index contributed by atoms with van der Waals surface area (Å²) in [5.41, 5.74) is 0.142. The number of nitrogens with one attached hydrogen (secondary N) is 1. The van der Waals surface area contributed by atoms with Gasteiger partial charge >= 0.3 is 0 Å². The molecular weight excluding hydrogens is 422 g/mol. The molecule has 2 rings (SSSR count). The van der Waals surface area contributed by atoms with Gasteiger partial charge in [-0.1, -0.05) is 0 Å². The molecule has 1 aromatic heterocycles. The largest absolute Gasteiger partial charge is 0.277 e. The minimum Gasteiger partial charge on any atom is -0.277 e. The standard InChI is InChI=1S/C11H6Br2F2N2O2S/c12-7-4-6(14)5-8(15)10(7)20(18,19)17-9-2-1-3-16-11(9)13/h1-5,17H. The highest BCUT2D eigenvalue weighted by atomic mass is 79.9. The first kappa shape index (κ1) is 15.3. The van der Waals surface area contributed by atoms with E-state index in [4.69, 9.17) is 0 Å². The van der Waals surface area contributed by atoms with Crippen LogP contribution in [0.2, 0.25) is 0 Å². The fourth-order valence-corrected chi connectivity index (χ4v) is 4.16. The number of sulfonamides is 1. The molecule has 0 aliphatic carbocycles. The number of benzene rings is 1. The highest BCUT2D eigenvalue weighted by Gasteiger charge is 2.24. The minimum absolute atomic E-state index is 0.142. The summed E-state index contributed by atoms with van der Waals surface area (Å²) in [5, 5.41) is 0. The summed E-state index contributed by atoms with van der Waals surface area (Å²) in [5.74, 6) is -2.07. The van der Waals surface area contributed by atoms with E-state index in [0.29, 0.717) is 6.07 Å².